The molecule has 0 spiro atoms. The van der Waals surface area contributed by atoms with Gasteiger partial charge in [0.2, 0.25) is 11.5 Å². The Morgan fingerprint density at radius 3 is 1.79 bits per heavy atom. The van der Waals surface area contributed by atoms with E-state index < -0.39 is 11.9 Å². The van der Waals surface area contributed by atoms with Crippen molar-refractivity contribution in [2.75, 3.05) is 13.2 Å². The van der Waals surface area contributed by atoms with Gasteiger partial charge in [0, 0.05) is 0 Å². The van der Waals surface area contributed by atoms with Crippen LogP contribution in [0.25, 0.3) is 0 Å². The minimum atomic E-state index is -0.619. The molecule has 102 valence electrons. The molecule has 1 aromatic heterocycles. The number of hydrogen-bond donors (Lipinski definition) is 0. The number of furan rings is 1. The van der Waals surface area contributed by atoms with Crippen LogP contribution in [0.3, 0.4) is 0 Å². The predicted octanol–water partition coefficient (Wildman–Crippen LogP) is 2.75. The van der Waals surface area contributed by atoms with E-state index in [-0.39, 0.29) is 24.7 Å². The highest BCUT2D eigenvalue weighted by molar-refractivity contribution is 5.90. The van der Waals surface area contributed by atoms with Crippen molar-refractivity contribution in [3.63, 3.8) is 0 Å². The molecule has 5 nitrogen and oxygen atoms in total. The van der Waals surface area contributed by atoms with E-state index in [0.29, 0.717) is 12.8 Å². The lowest BCUT2D eigenvalue weighted by atomic mass is 10.4. The molecule has 1 rings (SSSR count). The molecule has 0 aromatic carbocycles. The number of esters is 2. The Labute approximate surface area is 111 Å². The third-order valence-corrected chi connectivity index (χ3v) is 2.12. The molecule has 0 aliphatic heterocycles. The molecule has 1 aromatic rings. The minimum absolute atomic E-state index is 0.0280. The first-order valence-corrected chi connectivity index (χ1v) is 5.85. The Hall–Kier alpha value is -2.30. The molecule has 0 radical (unpaired) electrons. The molecule has 0 N–H and O–H groups in total. The van der Waals surface area contributed by atoms with Crippen LogP contribution in [0.2, 0.25) is 0 Å². The molecule has 0 fully saturated rings. The summed E-state index contributed by atoms with van der Waals surface area (Å²) in [6, 6.07) is 2.75. The fraction of sp³-hybridized carbons (Fsp3) is 0.286. The number of rotatable bonds is 8. The summed E-state index contributed by atoms with van der Waals surface area (Å²) in [5, 5.41) is 0. The van der Waals surface area contributed by atoms with Crippen molar-refractivity contribution in [2.45, 2.75) is 12.8 Å². The molecular formula is C14H16O5. The van der Waals surface area contributed by atoms with Crippen molar-refractivity contribution in [1.82, 2.24) is 0 Å². The lowest BCUT2D eigenvalue weighted by Crippen LogP contribution is -2.06. The quantitative estimate of drug-likeness (QED) is 0.410. The molecular weight excluding hydrogens is 248 g/mol. The maximum absolute atomic E-state index is 11.5. The molecule has 0 atom stereocenters. The topological polar surface area (TPSA) is 65.7 Å². The van der Waals surface area contributed by atoms with E-state index in [4.69, 9.17) is 13.9 Å². The van der Waals surface area contributed by atoms with Crippen LogP contribution in [-0.2, 0) is 9.47 Å². The van der Waals surface area contributed by atoms with Gasteiger partial charge in [-0.25, -0.2) is 9.59 Å². The van der Waals surface area contributed by atoms with E-state index in [0.717, 1.165) is 0 Å². The monoisotopic (exact) mass is 264 g/mol. The van der Waals surface area contributed by atoms with Gasteiger partial charge in [0.05, 0.1) is 13.2 Å². The molecule has 0 aliphatic carbocycles. The number of carbonyl (C=O) groups excluding carboxylic acids is 2. The summed E-state index contributed by atoms with van der Waals surface area (Å²) in [6.07, 6.45) is 4.39. The highest BCUT2D eigenvalue weighted by Crippen LogP contribution is 2.11. The first kappa shape index (κ1) is 14.8. The molecule has 0 bridgehead atoms. The van der Waals surface area contributed by atoms with E-state index in [2.05, 4.69) is 13.2 Å². The van der Waals surface area contributed by atoms with Gasteiger partial charge in [-0.15, -0.1) is 13.2 Å². The molecule has 0 amide bonds. The zero-order valence-corrected chi connectivity index (χ0v) is 10.6. The van der Waals surface area contributed by atoms with Crippen LogP contribution in [0.4, 0.5) is 0 Å². The van der Waals surface area contributed by atoms with E-state index >= 15 is 0 Å². The van der Waals surface area contributed by atoms with Crippen molar-refractivity contribution < 1.29 is 23.5 Å². The number of hydrogen-bond acceptors (Lipinski definition) is 5. The Bertz CT molecular complexity index is 418. The van der Waals surface area contributed by atoms with E-state index in [1.165, 1.54) is 12.1 Å². The first-order valence-electron chi connectivity index (χ1n) is 5.85. The van der Waals surface area contributed by atoms with Crippen molar-refractivity contribution in [3.8, 4) is 0 Å². The third-order valence-electron chi connectivity index (χ3n) is 2.12. The second-order valence-corrected chi connectivity index (χ2v) is 3.59. The smallest absolute Gasteiger partial charge is 0.374 e. The van der Waals surface area contributed by atoms with Crippen LogP contribution >= 0.6 is 0 Å². The summed E-state index contributed by atoms with van der Waals surface area (Å²) >= 11 is 0. The fourth-order valence-corrected chi connectivity index (χ4v) is 1.17. The van der Waals surface area contributed by atoms with Gasteiger partial charge >= 0.3 is 11.9 Å². The standard InChI is InChI=1S/C14H16O5/c1-3-5-9-17-13(15)11-7-8-12(19-11)14(16)18-10-6-4-2/h3-4,7-8H,1-2,5-6,9-10H2. The van der Waals surface area contributed by atoms with Gasteiger partial charge in [0.25, 0.3) is 0 Å². The molecule has 0 saturated carbocycles. The summed E-state index contributed by atoms with van der Waals surface area (Å²) in [5.74, 6) is -1.29. The molecule has 5 heteroatoms. The second kappa shape index (κ2) is 7.92. The zero-order chi connectivity index (χ0) is 14.1. The van der Waals surface area contributed by atoms with Crippen LogP contribution in [0.1, 0.15) is 34.0 Å². The summed E-state index contributed by atoms with van der Waals surface area (Å²) in [6.45, 7) is 7.47. The highest BCUT2D eigenvalue weighted by atomic mass is 16.6. The van der Waals surface area contributed by atoms with Crippen molar-refractivity contribution >= 4 is 11.9 Å². The summed E-state index contributed by atoms with van der Waals surface area (Å²) in [7, 11) is 0. The maximum atomic E-state index is 11.5. The van der Waals surface area contributed by atoms with Crippen LogP contribution in [0, 0.1) is 0 Å². The fourth-order valence-electron chi connectivity index (χ4n) is 1.17. The van der Waals surface area contributed by atoms with Crippen molar-refractivity contribution in [3.05, 3.63) is 49.0 Å². The molecule has 0 aliphatic rings. The lowest BCUT2D eigenvalue weighted by molar-refractivity contribution is 0.0441. The molecule has 0 saturated heterocycles. The van der Waals surface area contributed by atoms with Gasteiger partial charge in [-0.1, -0.05) is 12.2 Å². The highest BCUT2D eigenvalue weighted by Gasteiger charge is 2.17. The molecule has 0 unspecified atom stereocenters. The second-order valence-electron chi connectivity index (χ2n) is 3.59. The Morgan fingerprint density at radius 2 is 1.42 bits per heavy atom. The predicted molar refractivity (Wildman–Crippen MR) is 68.9 cm³/mol. The third kappa shape index (κ3) is 4.83. The van der Waals surface area contributed by atoms with E-state index in [9.17, 15) is 9.59 Å². The number of ether oxygens (including phenoxy) is 2. The maximum Gasteiger partial charge on any atom is 0.374 e. The largest absolute Gasteiger partial charge is 0.460 e. The summed E-state index contributed by atoms with van der Waals surface area (Å²) < 4.78 is 14.8. The number of carbonyl (C=O) groups is 2. The average Bonchev–Trinajstić information content (AvgIpc) is 2.89. The SMILES string of the molecule is C=CCCOC(=O)c1ccc(C(=O)OCCC=C)o1. The van der Waals surface area contributed by atoms with Gasteiger partial charge in [-0.2, -0.15) is 0 Å². The lowest BCUT2D eigenvalue weighted by Gasteiger charge is -2.01. The van der Waals surface area contributed by atoms with Crippen molar-refractivity contribution in [1.29, 1.82) is 0 Å². The summed E-state index contributed by atoms with van der Waals surface area (Å²) in [5.41, 5.74) is 0. The van der Waals surface area contributed by atoms with Crippen LogP contribution in [-0.4, -0.2) is 25.2 Å². The molecule has 1 heterocycles. The minimum Gasteiger partial charge on any atom is -0.460 e. The Balaban J connectivity index is 2.51. The Morgan fingerprint density at radius 1 is 1.00 bits per heavy atom. The zero-order valence-electron chi connectivity index (χ0n) is 10.6. The first-order chi connectivity index (χ1) is 9.19. The summed E-state index contributed by atoms with van der Waals surface area (Å²) in [4.78, 5) is 23.0. The van der Waals surface area contributed by atoms with Crippen LogP contribution < -0.4 is 0 Å². The molecule has 19 heavy (non-hydrogen) atoms. The van der Waals surface area contributed by atoms with E-state index in [1.807, 2.05) is 0 Å². The van der Waals surface area contributed by atoms with Crippen molar-refractivity contribution in [2.24, 2.45) is 0 Å². The van der Waals surface area contributed by atoms with Gasteiger partial charge in [-0.05, 0) is 25.0 Å². The van der Waals surface area contributed by atoms with Gasteiger partial charge in [0.15, 0.2) is 0 Å². The average molecular weight is 264 g/mol. The van der Waals surface area contributed by atoms with Gasteiger partial charge in [0.1, 0.15) is 0 Å². The van der Waals surface area contributed by atoms with Crippen LogP contribution in [0.15, 0.2) is 41.9 Å². The van der Waals surface area contributed by atoms with Crippen LogP contribution in [0.5, 0.6) is 0 Å². The Kier molecular flexibility index (Phi) is 6.15. The van der Waals surface area contributed by atoms with Gasteiger partial charge in [-0.3, -0.25) is 0 Å². The van der Waals surface area contributed by atoms with E-state index in [1.54, 1.807) is 12.2 Å². The normalized spacial score (nSPS) is 9.68. The van der Waals surface area contributed by atoms with Gasteiger partial charge < -0.3 is 13.9 Å².